The Hall–Kier alpha value is -2.04. The van der Waals surface area contributed by atoms with Gasteiger partial charge < -0.3 is 0 Å². The van der Waals surface area contributed by atoms with E-state index in [4.69, 9.17) is 11.6 Å². The van der Waals surface area contributed by atoms with E-state index in [1.807, 2.05) is 30.3 Å². The number of amides is 2. The molecular formula is C16H10ClNO2S. The zero-order chi connectivity index (χ0) is 14.8. The molecule has 0 fully saturated rings. The second-order valence-corrected chi connectivity index (χ2v) is 5.88. The van der Waals surface area contributed by atoms with Crippen LogP contribution in [0.1, 0.15) is 0 Å². The molecule has 21 heavy (non-hydrogen) atoms. The number of benzene rings is 2. The number of hydrogen-bond donors (Lipinski definition) is 0. The smallest absolute Gasteiger partial charge is 0.269 e. The van der Waals surface area contributed by atoms with Gasteiger partial charge in [-0.3, -0.25) is 9.59 Å². The molecular weight excluding hydrogens is 306 g/mol. The normalized spacial score (nSPS) is 14.5. The molecule has 2 aromatic carbocycles. The molecule has 1 aliphatic rings. The van der Waals surface area contributed by atoms with Crippen LogP contribution < -0.4 is 4.90 Å². The van der Waals surface area contributed by atoms with E-state index in [2.05, 4.69) is 0 Å². The second kappa shape index (κ2) is 5.76. The third-order valence-electron chi connectivity index (χ3n) is 2.95. The molecule has 0 unspecified atom stereocenters. The molecule has 3 rings (SSSR count). The second-order valence-electron chi connectivity index (χ2n) is 4.35. The Morgan fingerprint density at radius 1 is 0.905 bits per heavy atom. The van der Waals surface area contributed by atoms with Crippen molar-refractivity contribution in [3.8, 4) is 0 Å². The zero-order valence-electron chi connectivity index (χ0n) is 10.8. The standard InChI is InChI=1S/C16H10ClNO2S/c17-12-8-4-5-9-13(12)18-15(19)10-14(16(18)20)21-11-6-2-1-3-7-11/h1-10H. The monoisotopic (exact) mass is 315 g/mol. The number of para-hydroxylation sites is 1. The lowest BCUT2D eigenvalue weighted by Gasteiger charge is -2.16. The fourth-order valence-corrected chi connectivity index (χ4v) is 3.10. The van der Waals surface area contributed by atoms with Gasteiger partial charge >= 0.3 is 0 Å². The minimum Gasteiger partial charge on any atom is -0.269 e. The van der Waals surface area contributed by atoms with Crippen molar-refractivity contribution in [2.24, 2.45) is 0 Å². The van der Waals surface area contributed by atoms with E-state index in [-0.39, 0.29) is 11.8 Å². The fraction of sp³-hybridized carbons (Fsp3) is 0. The van der Waals surface area contributed by atoms with Crippen LogP contribution in [0.4, 0.5) is 5.69 Å². The molecule has 0 N–H and O–H groups in total. The molecule has 5 heteroatoms. The van der Waals surface area contributed by atoms with Crippen molar-refractivity contribution < 1.29 is 9.59 Å². The van der Waals surface area contributed by atoms with E-state index in [0.717, 1.165) is 9.80 Å². The average Bonchev–Trinajstić information content (AvgIpc) is 2.76. The van der Waals surface area contributed by atoms with E-state index < -0.39 is 0 Å². The lowest BCUT2D eigenvalue weighted by atomic mass is 10.3. The largest absolute Gasteiger partial charge is 0.272 e. The number of anilines is 1. The Morgan fingerprint density at radius 3 is 2.29 bits per heavy atom. The predicted octanol–water partition coefficient (Wildman–Crippen LogP) is 3.89. The Balaban J connectivity index is 1.88. The third kappa shape index (κ3) is 2.73. The quantitative estimate of drug-likeness (QED) is 0.806. The van der Waals surface area contributed by atoms with Gasteiger partial charge in [0.25, 0.3) is 11.8 Å². The Bertz CT molecular complexity index is 743. The fourth-order valence-electron chi connectivity index (χ4n) is 2.00. The van der Waals surface area contributed by atoms with Gasteiger partial charge in [0.05, 0.1) is 15.6 Å². The highest BCUT2D eigenvalue weighted by Crippen LogP contribution is 2.35. The van der Waals surface area contributed by atoms with Gasteiger partial charge in [-0.15, -0.1) is 0 Å². The van der Waals surface area contributed by atoms with Gasteiger partial charge in [0.15, 0.2) is 0 Å². The summed E-state index contributed by atoms with van der Waals surface area (Å²) in [6.45, 7) is 0. The van der Waals surface area contributed by atoms with Crippen LogP contribution in [-0.2, 0) is 9.59 Å². The zero-order valence-corrected chi connectivity index (χ0v) is 12.4. The maximum atomic E-state index is 12.4. The van der Waals surface area contributed by atoms with E-state index in [0.29, 0.717) is 15.6 Å². The summed E-state index contributed by atoms with van der Waals surface area (Å²) >= 11 is 7.34. The van der Waals surface area contributed by atoms with E-state index >= 15 is 0 Å². The molecule has 0 radical (unpaired) electrons. The van der Waals surface area contributed by atoms with Crippen molar-refractivity contribution in [2.75, 3.05) is 4.90 Å². The van der Waals surface area contributed by atoms with Crippen molar-refractivity contribution in [3.05, 3.63) is 70.6 Å². The summed E-state index contributed by atoms with van der Waals surface area (Å²) in [5.41, 5.74) is 0.411. The number of carbonyl (C=O) groups is 2. The SMILES string of the molecule is O=C1C=C(Sc2ccccc2)C(=O)N1c1ccccc1Cl. The van der Waals surface area contributed by atoms with E-state index in [1.54, 1.807) is 24.3 Å². The molecule has 3 nitrogen and oxygen atoms in total. The first kappa shape index (κ1) is 13.9. The Kier molecular flexibility index (Phi) is 3.82. The van der Waals surface area contributed by atoms with Crippen LogP contribution in [0.5, 0.6) is 0 Å². The first-order chi connectivity index (χ1) is 10.2. The molecule has 2 aromatic rings. The maximum absolute atomic E-state index is 12.4. The number of thioether (sulfide) groups is 1. The van der Waals surface area contributed by atoms with Gasteiger partial charge in [-0.05, 0) is 24.3 Å². The van der Waals surface area contributed by atoms with Gasteiger partial charge in [-0.1, -0.05) is 53.7 Å². The summed E-state index contributed by atoms with van der Waals surface area (Å²) in [7, 11) is 0. The van der Waals surface area contributed by atoms with Crippen LogP contribution in [-0.4, -0.2) is 11.8 Å². The van der Waals surface area contributed by atoms with Gasteiger partial charge in [-0.25, -0.2) is 4.90 Å². The van der Waals surface area contributed by atoms with Gasteiger partial charge in [0, 0.05) is 11.0 Å². The summed E-state index contributed by atoms with van der Waals surface area (Å²) in [4.78, 5) is 26.9. The number of carbonyl (C=O) groups excluding carboxylic acids is 2. The topological polar surface area (TPSA) is 37.4 Å². The number of halogens is 1. The van der Waals surface area contributed by atoms with E-state index in [9.17, 15) is 9.59 Å². The molecule has 0 saturated carbocycles. The minimum atomic E-state index is -0.369. The average molecular weight is 316 g/mol. The first-order valence-electron chi connectivity index (χ1n) is 6.24. The highest BCUT2D eigenvalue weighted by atomic mass is 35.5. The van der Waals surface area contributed by atoms with Crippen molar-refractivity contribution in [1.82, 2.24) is 0 Å². The van der Waals surface area contributed by atoms with Crippen molar-refractivity contribution in [1.29, 1.82) is 0 Å². The van der Waals surface area contributed by atoms with Crippen molar-refractivity contribution in [3.63, 3.8) is 0 Å². The number of nitrogens with zero attached hydrogens (tertiary/aromatic N) is 1. The maximum Gasteiger partial charge on any atom is 0.272 e. The molecule has 1 aliphatic heterocycles. The van der Waals surface area contributed by atoms with Crippen LogP contribution in [0.2, 0.25) is 5.02 Å². The third-order valence-corrected chi connectivity index (χ3v) is 4.29. The summed E-state index contributed by atoms with van der Waals surface area (Å²) in [5, 5.41) is 0.374. The van der Waals surface area contributed by atoms with Crippen molar-refractivity contribution >= 4 is 40.9 Å². The van der Waals surface area contributed by atoms with Crippen molar-refractivity contribution in [2.45, 2.75) is 4.90 Å². The van der Waals surface area contributed by atoms with E-state index in [1.165, 1.54) is 17.8 Å². The summed E-state index contributed by atoms with van der Waals surface area (Å²) in [6, 6.07) is 16.3. The predicted molar refractivity (Wildman–Crippen MR) is 84.3 cm³/mol. The van der Waals surface area contributed by atoms with Crippen LogP contribution >= 0.6 is 23.4 Å². The lowest BCUT2D eigenvalue weighted by Crippen LogP contribution is -2.30. The Morgan fingerprint density at radius 2 is 1.57 bits per heavy atom. The molecule has 0 atom stereocenters. The first-order valence-corrected chi connectivity index (χ1v) is 7.44. The molecule has 0 aliphatic carbocycles. The molecule has 104 valence electrons. The highest BCUT2D eigenvalue weighted by molar-refractivity contribution is 8.04. The summed E-state index contributed by atoms with van der Waals surface area (Å²) in [5.74, 6) is -0.714. The summed E-state index contributed by atoms with van der Waals surface area (Å²) < 4.78 is 0. The highest BCUT2D eigenvalue weighted by Gasteiger charge is 2.33. The van der Waals surface area contributed by atoms with Crippen LogP contribution in [0.25, 0.3) is 0 Å². The van der Waals surface area contributed by atoms with Gasteiger partial charge in [-0.2, -0.15) is 0 Å². The molecule has 0 saturated heterocycles. The molecule has 0 spiro atoms. The van der Waals surface area contributed by atoms with Gasteiger partial charge in [0.2, 0.25) is 0 Å². The summed E-state index contributed by atoms with van der Waals surface area (Å²) in [6.07, 6.45) is 1.35. The molecule has 1 heterocycles. The van der Waals surface area contributed by atoms with Crippen LogP contribution in [0, 0.1) is 0 Å². The molecule has 0 aromatic heterocycles. The van der Waals surface area contributed by atoms with Crippen LogP contribution in [0.3, 0.4) is 0 Å². The number of rotatable bonds is 3. The number of imide groups is 1. The molecule has 2 amide bonds. The van der Waals surface area contributed by atoms with Gasteiger partial charge in [0.1, 0.15) is 0 Å². The van der Waals surface area contributed by atoms with Crippen LogP contribution in [0.15, 0.2) is 70.5 Å². The molecule has 0 bridgehead atoms. The Labute approximate surface area is 131 Å². The minimum absolute atomic E-state index is 0.345. The lowest BCUT2D eigenvalue weighted by molar-refractivity contribution is -0.120. The number of hydrogen-bond acceptors (Lipinski definition) is 3.